The fourth-order valence-electron chi connectivity index (χ4n) is 5.12. The Kier molecular flexibility index (Phi) is 34.9. The van der Waals surface area contributed by atoms with Crippen LogP contribution in [0.2, 0.25) is 0 Å². The number of hydrogen-bond donors (Lipinski definition) is 2. The summed E-state index contributed by atoms with van der Waals surface area (Å²) in [5.41, 5.74) is 0. The van der Waals surface area contributed by atoms with Crippen molar-refractivity contribution in [2.75, 3.05) is 13.2 Å². The minimum atomic E-state index is -4.77. The molecule has 0 aromatic carbocycles. The summed E-state index contributed by atoms with van der Waals surface area (Å²) < 4.78 is 26.3. The van der Waals surface area contributed by atoms with Crippen LogP contribution in [-0.4, -0.2) is 41.0 Å². The third kappa shape index (κ3) is 38.6. The van der Waals surface area contributed by atoms with Gasteiger partial charge in [0.25, 0.3) is 0 Å². The first-order valence-electron chi connectivity index (χ1n) is 19.6. The Morgan fingerprint density at radius 2 is 0.960 bits per heavy atom. The first-order chi connectivity index (χ1) is 24.3. The molecule has 0 bridgehead atoms. The summed E-state index contributed by atoms with van der Waals surface area (Å²) in [5.74, 6) is -0.942. The highest BCUT2D eigenvalue weighted by atomic mass is 31.2. The minimum Gasteiger partial charge on any atom is -0.462 e. The molecule has 0 fully saturated rings. The second-order valence-electron chi connectivity index (χ2n) is 12.9. The Morgan fingerprint density at radius 1 is 0.540 bits per heavy atom. The third-order valence-corrected chi connectivity index (χ3v) is 8.51. The van der Waals surface area contributed by atoms with E-state index in [2.05, 4.69) is 79.1 Å². The Hall–Kier alpha value is -2.25. The summed E-state index contributed by atoms with van der Waals surface area (Å²) >= 11 is 0. The first kappa shape index (κ1) is 47.8. The van der Waals surface area contributed by atoms with Crippen LogP contribution in [0.15, 0.2) is 60.8 Å². The first-order valence-corrected chi connectivity index (χ1v) is 21.1. The predicted molar refractivity (Wildman–Crippen MR) is 207 cm³/mol. The highest BCUT2D eigenvalue weighted by molar-refractivity contribution is 7.46. The van der Waals surface area contributed by atoms with Crippen molar-refractivity contribution in [1.29, 1.82) is 0 Å². The number of ether oxygens (including phenoxy) is 2. The smallest absolute Gasteiger partial charge is 0.462 e. The number of rotatable bonds is 35. The van der Waals surface area contributed by atoms with E-state index < -0.39 is 32.5 Å². The topological polar surface area (TPSA) is 119 Å². The molecule has 0 spiro atoms. The standard InChI is InChI=1S/C41H71O8P/c1-3-5-7-9-11-13-15-17-19-20-22-23-25-27-29-31-33-35-40(42)47-37-39(38-48-50(44,45)46)49-41(43)36-34-32-30-28-26-24-21-18-16-14-12-10-8-6-4-2/h6,8,12,14,17-19,21,26,28,39H,3-5,7,9-11,13,15-16,20,22-25,27,29-38H2,1-2H3,(H2,44,45,46)/b8-6-,14-12-,19-17-,21-18-,28-26-. The maximum absolute atomic E-state index is 12.4. The summed E-state index contributed by atoms with van der Waals surface area (Å²) in [6.45, 7) is 3.52. The molecule has 0 radical (unpaired) electrons. The Morgan fingerprint density at radius 3 is 1.50 bits per heavy atom. The number of carbonyl (C=O) groups excluding carboxylic acids is 2. The molecular weight excluding hydrogens is 651 g/mol. The molecular formula is C41H71O8P. The zero-order chi connectivity index (χ0) is 36.8. The van der Waals surface area contributed by atoms with Gasteiger partial charge in [0.05, 0.1) is 6.61 Å². The SMILES string of the molecule is CC/C=C\C/C=C\C/C=C\C/C=C\CCCCC(=O)OC(COC(=O)CCCCCCCCC/C=C\CCCCCCCC)COP(=O)(O)O. The van der Waals surface area contributed by atoms with E-state index in [0.717, 1.165) is 64.2 Å². The number of allylic oxidation sites excluding steroid dienone is 10. The molecule has 0 heterocycles. The Labute approximate surface area is 305 Å². The zero-order valence-electron chi connectivity index (χ0n) is 31.5. The summed E-state index contributed by atoms with van der Waals surface area (Å²) in [7, 11) is -4.77. The maximum atomic E-state index is 12.4. The Bertz CT molecular complexity index is 995. The summed E-state index contributed by atoms with van der Waals surface area (Å²) in [5, 5.41) is 0. The van der Waals surface area contributed by atoms with E-state index in [1.54, 1.807) is 0 Å². The fourth-order valence-corrected chi connectivity index (χ4v) is 5.48. The second-order valence-corrected chi connectivity index (χ2v) is 14.1. The van der Waals surface area contributed by atoms with Crippen LogP contribution in [0.1, 0.15) is 168 Å². The van der Waals surface area contributed by atoms with Crippen molar-refractivity contribution in [2.45, 2.75) is 174 Å². The van der Waals surface area contributed by atoms with Gasteiger partial charge < -0.3 is 19.3 Å². The van der Waals surface area contributed by atoms with Gasteiger partial charge >= 0.3 is 19.8 Å². The van der Waals surface area contributed by atoms with Crippen LogP contribution < -0.4 is 0 Å². The van der Waals surface area contributed by atoms with E-state index in [1.807, 2.05) is 0 Å². The summed E-state index contributed by atoms with van der Waals surface area (Å²) in [6.07, 6.45) is 45.1. The molecule has 0 aromatic rings. The van der Waals surface area contributed by atoms with Crippen molar-refractivity contribution in [2.24, 2.45) is 0 Å². The number of hydrogen-bond acceptors (Lipinski definition) is 6. The van der Waals surface area contributed by atoms with Crippen molar-refractivity contribution >= 4 is 19.8 Å². The molecule has 0 amide bonds. The molecule has 288 valence electrons. The number of esters is 2. The third-order valence-electron chi connectivity index (χ3n) is 8.02. The normalized spacial score (nSPS) is 13.1. The molecule has 0 aromatic heterocycles. The lowest BCUT2D eigenvalue weighted by atomic mass is 10.1. The van der Waals surface area contributed by atoms with Gasteiger partial charge in [0.2, 0.25) is 0 Å². The van der Waals surface area contributed by atoms with Crippen molar-refractivity contribution in [3.63, 3.8) is 0 Å². The summed E-state index contributed by atoms with van der Waals surface area (Å²) in [6, 6.07) is 0. The molecule has 1 unspecified atom stereocenters. The van der Waals surface area contributed by atoms with Crippen molar-refractivity contribution in [3.8, 4) is 0 Å². The second kappa shape index (κ2) is 36.5. The molecule has 0 saturated heterocycles. The molecule has 1 atom stereocenters. The molecule has 2 N–H and O–H groups in total. The van der Waals surface area contributed by atoms with Crippen LogP contribution in [0, 0.1) is 0 Å². The van der Waals surface area contributed by atoms with Gasteiger partial charge in [-0.2, -0.15) is 0 Å². The highest BCUT2D eigenvalue weighted by Gasteiger charge is 2.22. The minimum absolute atomic E-state index is 0.157. The molecule has 8 nitrogen and oxygen atoms in total. The van der Waals surface area contributed by atoms with Crippen LogP contribution in [0.3, 0.4) is 0 Å². The monoisotopic (exact) mass is 722 g/mol. The van der Waals surface area contributed by atoms with Crippen LogP contribution >= 0.6 is 7.82 Å². The molecule has 0 saturated carbocycles. The molecule has 0 aliphatic heterocycles. The lowest BCUT2D eigenvalue weighted by Gasteiger charge is -2.18. The predicted octanol–water partition coefficient (Wildman–Crippen LogP) is 11.7. The van der Waals surface area contributed by atoms with Crippen LogP contribution in [0.4, 0.5) is 0 Å². The molecule has 50 heavy (non-hydrogen) atoms. The number of phosphoric acid groups is 1. The average Bonchev–Trinajstić information content (AvgIpc) is 3.08. The number of unbranched alkanes of at least 4 members (excludes halogenated alkanes) is 15. The lowest BCUT2D eigenvalue weighted by molar-refractivity contribution is -0.161. The molecule has 0 aliphatic carbocycles. The van der Waals surface area contributed by atoms with E-state index in [1.165, 1.54) is 64.2 Å². The zero-order valence-corrected chi connectivity index (χ0v) is 32.4. The largest absolute Gasteiger partial charge is 0.469 e. The van der Waals surface area contributed by atoms with Gasteiger partial charge in [0, 0.05) is 12.8 Å². The molecule has 0 rings (SSSR count). The van der Waals surface area contributed by atoms with Crippen molar-refractivity contribution in [3.05, 3.63) is 60.8 Å². The lowest BCUT2D eigenvalue weighted by Crippen LogP contribution is -2.29. The maximum Gasteiger partial charge on any atom is 0.469 e. The van der Waals surface area contributed by atoms with Gasteiger partial charge in [0.15, 0.2) is 6.10 Å². The van der Waals surface area contributed by atoms with Crippen LogP contribution in [-0.2, 0) is 28.2 Å². The van der Waals surface area contributed by atoms with Crippen molar-refractivity contribution in [1.82, 2.24) is 0 Å². The van der Waals surface area contributed by atoms with E-state index in [4.69, 9.17) is 19.3 Å². The molecule has 9 heteroatoms. The number of carbonyl (C=O) groups is 2. The van der Waals surface area contributed by atoms with Gasteiger partial charge in [-0.15, -0.1) is 0 Å². The van der Waals surface area contributed by atoms with Gasteiger partial charge in [-0.1, -0.05) is 139 Å². The van der Waals surface area contributed by atoms with Crippen molar-refractivity contribution < 1.29 is 37.9 Å². The Balaban J connectivity index is 4.02. The van der Waals surface area contributed by atoms with E-state index in [9.17, 15) is 14.2 Å². The van der Waals surface area contributed by atoms with E-state index in [-0.39, 0.29) is 19.4 Å². The van der Waals surface area contributed by atoms with Gasteiger partial charge in [-0.25, -0.2) is 4.57 Å². The van der Waals surface area contributed by atoms with E-state index >= 15 is 0 Å². The van der Waals surface area contributed by atoms with Crippen LogP contribution in [0.5, 0.6) is 0 Å². The fraction of sp³-hybridized carbons (Fsp3) is 0.707. The average molecular weight is 723 g/mol. The quantitative estimate of drug-likeness (QED) is 0.0287. The highest BCUT2D eigenvalue weighted by Crippen LogP contribution is 2.36. The summed E-state index contributed by atoms with van der Waals surface area (Å²) in [4.78, 5) is 42.7. The van der Waals surface area contributed by atoms with Gasteiger partial charge in [-0.3, -0.25) is 14.1 Å². The van der Waals surface area contributed by atoms with Gasteiger partial charge in [0.1, 0.15) is 6.61 Å². The van der Waals surface area contributed by atoms with Crippen LogP contribution in [0.25, 0.3) is 0 Å². The van der Waals surface area contributed by atoms with E-state index in [0.29, 0.717) is 12.8 Å². The number of phosphoric ester groups is 1. The molecule has 0 aliphatic rings. The van der Waals surface area contributed by atoms with Gasteiger partial charge in [-0.05, 0) is 77.0 Å².